The van der Waals surface area contributed by atoms with E-state index in [0.29, 0.717) is 17.3 Å². The molecule has 0 fully saturated rings. The molecule has 0 amide bonds. The van der Waals surface area contributed by atoms with E-state index in [1.165, 1.54) is 0 Å². The molecule has 0 unspecified atom stereocenters. The Kier molecular flexibility index (Phi) is 4.73. The summed E-state index contributed by atoms with van der Waals surface area (Å²) in [5.41, 5.74) is 6.50. The third-order valence-corrected chi connectivity index (χ3v) is 2.18. The maximum Gasteiger partial charge on any atom is 0.137 e. The van der Waals surface area contributed by atoms with Crippen molar-refractivity contribution in [2.45, 2.75) is 6.54 Å². The molecular formula is C10H15ClN2O. The maximum atomic E-state index is 5.89. The monoisotopic (exact) mass is 214 g/mol. The van der Waals surface area contributed by atoms with E-state index >= 15 is 0 Å². The van der Waals surface area contributed by atoms with E-state index in [1.807, 2.05) is 18.2 Å². The number of halogens is 1. The van der Waals surface area contributed by atoms with Crippen molar-refractivity contribution >= 4 is 11.6 Å². The first-order valence-corrected chi connectivity index (χ1v) is 4.89. The summed E-state index contributed by atoms with van der Waals surface area (Å²) in [6.45, 7) is 2.24. The van der Waals surface area contributed by atoms with Crippen molar-refractivity contribution < 1.29 is 4.74 Å². The van der Waals surface area contributed by atoms with Gasteiger partial charge in [0.1, 0.15) is 5.75 Å². The molecule has 0 saturated heterocycles. The minimum absolute atomic E-state index is 0.634. The second kappa shape index (κ2) is 5.86. The van der Waals surface area contributed by atoms with Crippen molar-refractivity contribution in [2.75, 3.05) is 20.2 Å². The predicted octanol–water partition coefficient (Wildman–Crippen LogP) is 1.40. The lowest BCUT2D eigenvalue weighted by molar-refractivity contribution is 0.414. The lowest BCUT2D eigenvalue weighted by Crippen LogP contribution is -2.21. The van der Waals surface area contributed by atoms with Gasteiger partial charge in [-0.2, -0.15) is 0 Å². The van der Waals surface area contributed by atoms with Crippen molar-refractivity contribution in [3.63, 3.8) is 0 Å². The summed E-state index contributed by atoms with van der Waals surface area (Å²) in [5.74, 6) is 0.707. The van der Waals surface area contributed by atoms with Crippen LogP contribution in [0.2, 0.25) is 5.02 Å². The molecule has 1 rings (SSSR count). The zero-order valence-corrected chi connectivity index (χ0v) is 8.97. The van der Waals surface area contributed by atoms with Crippen molar-refractivity contribution in [1.29, 1.82) is 0 Å². The van der Waals surface area contributed by atoms with Gasteiger partial charge in [-0.05, 0) is 17.7 Å². The highest BCUT2D eigenvalue weighted by Crippen LogP contribution is 2.24. The van der Waals surface area contributed by atoms with Crippen LogP contribution in [0.1, 0.15) is 5.56 Å². The van der Waals surface area contributed by atoms with E-state index in [9.17, 15) is 0 Å². The van der Waals surface area contributed by atoms with E-state index in [-0.39, 0.29) is 0 Å². The first-order valence-electron chi connectivity index (χ1n) is 4.51. The van der Waals surface area contributed by atoms with Crippen LogP contribution in [-0.2, 0) is 6.54 Å². The third-order valence-electron chi connectivity index (χ3n) is 1.87. The largest absolute Gasteiger partial charge is 0.495 e. The first kappa shape index (κ1) is 11.3. The van der Waals surface area contributed by atoms with Crippen molar-refractivity contribution in [1.82, 2.24) is 5.32 Å². The fourth-order valence-electron chi connectivity index (χ4n) is 1.15. The second-order valence-electron chi connectivity index (χ2n) is 2.93. The van der Waals surface area contributed by atoms with Gasteiger partial charge in [0.25, 0.3) is 0 Å². The molecule has 0 saturated carbocycles. The van der Waals surface area contributed by atoms with Gasteiger partial charge >= 0.3 is 0 Å². The Labute approximate surface area is 89.2 Å². The van der Waals surface area contributed by atoms with E-state index < -0.39 is 0 Å². The molecule has 0 aliphatic rings. The van der Waals surface area contributed by atoms with E-state index in [0.717, 1.165) is 18.7 Å². The fraction of sp³-hybridized carbons (Fsp3) is 0.400. The summed E-state index contributed by atoms with van der Waals surface area (Å²) >= 11 is 5.89. The SMILES string of the molecule is COc1cc(CNCCN)ccc1Cl. The van der Waals surface area contributed by atoms with E-state index in [4.69, 9.17) is 22.1 Å². The molecular weight excluding hydrogens is 200 g/mol. The number of benzene rings is 1. The molecule has 0 aliphatic carbocycles. The lowest BCUT2D eigenvalue weighted by atomic mass is 10.2. The number of methoxy groups -OCH3 is 1. The Bertz CT molecular complexity index is 291. The Morgan fingerprint density at radius 2 is 2.29 bits per heavy atom. The molecule has 1 aromatic rings. The molecule has 0 aromatic heterocycles. The second-order valence-corrected chi connectivity index (χ2v) is 3.34. The van der Waals surface area contributed by atoms with Crippen LogP contribution in [0.3, 0.4) is 0 Å². The standard InChI is InChI=1S/C10H15ClN2O/c1-14-10-6-8(2-3-9(10)11)7-13-5-4-12/h2-3,6,13H,4-5,7,12H2,1H3. The molecule has 3 nitrogen and oxygen atoms in total. The van der Waals surface area contributed by atoms with Gasteiger partial charge < -0.3 is 15.8 Å². The zero-order chi connectivity index (χ0) is 10.4. The van der Waals surface area contributed by atoms with Crippen LogP contribution < -0.4 is 15.8 Å². The highest BCUT2D eigenvalue weighted by Gasteiger charge is 2.00. The molecule has 0 aliphatic heterocycles. The predicted molar refractivity (Wildman–Crippen MR) is 58.8 cm³/mol. The van der Waals surface area contributed by atoms with Crippen molar-refractivity contribution in [2.24, 2.45) is 5.73 Å². The first-order chi connectivity index (χ1) is 6.77. The molecule has 0 atom stereocenters. The van der Waals surface area contributed by atoms with Gasteiger partial charge in [-0.25, -0.2) is 0 Å². The van der Waals surface area contributed by atoms with Gasteiger partial charge in [-0.3, -0.25) is 0 Å². The molecule has 0 spiro atoms. The van der Waals surface area contributed by atoms with Crippen LogP contribution in [0, 0.1) is 0 Å². The van der Waals surface area contributed by atoms with Crippen LogP contribution in [0.25, 0.3) is 0 Å². The average Bonchev–Trinajstić information content (AvgIpc) is 2.21. The van der Waals surface area contributed by atoms with Gasteiger partial charge in [0.15, 0.2) is 0 Å². The Balaban J connectivity index is 2.60. The summed E-state index contributed by atoms with van der Waals surface area (Å²) in [6, 6.07) is 5.72. The summed E-state index contributed by atoms with van der Waals surface area (Å²) in [4.78, 5) is 0. The van der Waals surface area contributed by atoms with Crippen LogP contribution in [0.4, 0.5) is 0 Å². The average molecular weight is 215 g/mol. The highest BCUT2D eigenvalue weighted by atomic mass is 35.5. The summed E-state index contributed by atoms with van der Waals surface area (Å²) < 4.78 is 5.11. The highest BCUT2D eigenvalue weighted by molar-refractivity contribution is 6.32. The molecule has 14 heavy (non-hydrogen) atoms. The summed E-state index contributed by atoms with van der Waals surface area (Å²) in [7, 11) is 1.61. The normalized spacial score (nSPS) is 10.2. The van der Waals surface area contributed by atoms with E-state index in [2.05, 4.69) is 5.32 Å². The lowest BCUT2D eigenvalue weighted by Gasteiger charge is -2.07. The number of nitrogens with two attached hydrogens (primary N) is 1. The quantitative estimate of drug-likeness (QED) is 0.729. The fourth-order valence-corrected chi connectivity index (χ4v) is 1.34. The Hall–Kier alpha value is -0.770. The van der Waals surface area contributed by atoms with Gasteiger partial charge in [0.2, 0.25) is 0 Å². The molecule has 78 valence electrons. The smallest absolute Gasteiger partial charge is 0.137 e. The summed E-state index contributed by atoms with van der Waals surface area (Å²) in [6.07, 6.45) is 0. The van der Waals surface area contributed by atoms with Crippen LogP contribution in [0.5, 0.6) is 5.75 Å². The number of rotatable bonds is 5. The zero-order valence-electron chi connectivity index (χ0n) is 8.22. The Morgan fingerprint density at radius 1 is 1.50 bits per heavy atom. The minimum atomic E-state index is 0.634. The maximum absolute atomic E-state index is 5.89. The van der Waals surface area contributed by atoms with Crippen LogP contribution in [-0.4, -0.2) is 20.2 Å². The third kappa shape index (κ3) is 3.18. The minimum Gasteiger partial charge on any atom is -0.495 e. The number of ether oxygens (including phenoxy) is 1. The molecule has 1 aromatic carbocycles. The summed E-state index contributed by atoms with van der Waals surface area (Å²) in [5, 5.41) is 3.83. The molecule has 0 radical (unpaired) electrons. The van der Waals surface area contributed by atoms with Crippen LogP contribution in [0.15, 0.2) is 18.2 Å². The number of nitrogens with one attached hydrogen (secondary N) is 1. The van der Waals surface area contributed by atoms with Crippen LogP contribution >= 0.6 is 11.6 Å². The van der Waals surface area contributed by atoms with Gasteiger partial charge in [-0.1, -0.05) is 17.7 Å². The topological polar surface area (TPSA) is 47.3 Å². The Morgan fingerprint density at radius 3 is 2.93 bits per heavy atom. The van der Waals surface area contributed by atoms with Gasteiger partial charge in [0, 0.05) is 19.6 Å². The van der Waals surface area contributed by atoms with Crippen molar-refractivity contribution in [3.05, 3.63) is 28.8 Å². The molecule has 0 heterocycles. The van der Waals surface area contributed by atoms with E-state index in [1.54, 1.807) is 7.11 Å². The van der Waals surface area contributed by atoms with Gasteiger partial charge in [-0.15, -0.1) is 0 Å². The molecule has 4 heteroatoms. The number of hydrogen-bond acceptors (Lipinski definition) is 3. The molecule has 0 bridgehead atoms. The molecule has 3 N–H and O–H groups in total. The number of hydrogen-bond donors (Lipinski definition) is 2. The van der Waals surface area contributed by atoms with Gasteiger partial charge in [0.05, 0.1) is 12.1 Å². The van der Waals surface area contributed by atoms with Crippen molar-refractivity contribution in [3.8, 4) is 5.75 Å².